The number of pyridine rings is 1. The highest BCUT2D eigenvalue weighted by molar-refractivity contribution is 5.13. The molecular weight excluding hydrogens is 188 g/mol. The molecule has 0 amide bonds. The van der Waals surface area contributed by atoms with Gasteiger partial charge in [-0.3, -0.25) is 4.98 Å². The molecule has 0 bridgehead atoms. The van der Waals surface area contributed by atoms with Crippen LogP contribution in [0.25, 0.3) is 0 Å². The normalized spacial score (nSPS) is 10.5. The highest BCUT2D eigenvalue weighted by atomic mass is 16.3. The molecule has 2 aromatic heterocycles. The van der Waals surface area contributed by atoms with Gasteiger partial charge >= 0.3 is 0 Å². The number of nitrogens with one attached hydrogen (secondary N) is 1. The number of hydrogen-bond donors (Lipinski definition) is 1. The largest absolute Gasteiger partial charge is 0.472 e. The Morgan fingerprint density at radius 2 is 2.07 bits per heavy atom. The molecule has 0 aliphatic heterocycles. The summed E-state index contributed by atoms with van der Waals surface area (Å²) in [6.45, 7) is 3.64. The summed E-state index contributed by atoms with van der Waals surface area (Å²) in [5, 5.41) is 3.32. The third-order valence-electron chi connectivity index (χ3n) is 2.21. The molecule has 0 aliphatic carbocycles. The maximum atomic E-state index is 4.98. The molecule has 0 fully saturated rings. The summed E-state index contributed by atoms with van der Waals surface area (Å²) in [6, 6.07) is 6.07. The van der Waals surface area contributed by atoms with Gasteiger partial charge in [-0.2, -0.15) is 0 Å². The lowest BCUT2D eigenvalue weighted by molar-refractivity contribution is 0.560. The van der Waals surface area contributed by atoms with E-state index in [1.165, 1.54) is 5.56 Å². The van der Waals surface area contributed by atoms with Crippen LogP contribution in [-0.2, 0) is 13.1 Å². The van der Waals surface area contributed by atoms with Gasteiger partial charge in [-0.25, -0.2) is 0 Å². The van der Waals surface area contributed by atoms with E-state index in [1.54, 1.807) is 12.5 Å². The zero-order valence-corrected chi connectivity index (χ0v) is 8.73. The molecule has 1 N–H and O–H groups in total. The first-order chi connectivity index (χ1) is 7.34. The smallest absolute Gasteiger partial charge is 0.0947 e. The lowest BCUT2D eigenvalue weighted by Gasteiger charge is -2.02. The van der Waals surface area contributed by atoms with Crippen molar-refractivity contribution in [3.63, 3.8) is 0 Å². The summed E-state index contributed by atoms with van der Waals surface area (Å²) in [7, 11) is 0. The van der Waals surface area contributed by atoms with Gasteiger partial charge in [0, 0.05) is 30.5 Å². The molecular formula is C12H14N2O. The molecule has 3 nitrogen and oxygen atoms in total. The van der Waals surface area contributed by atoms with Gasteiger partial charge in [-0.15, -0.1) is 0 Å². The Kier molecular flexibility index (Phi) is 3.15. The van der Waals surface area contributed by atoms with Crippen molar-refractivity contribution in [2.75, 3.05) is 0 Å². The number of hydrogen-bond acceptors (Lipinski definition) is 3. The van der Waals surface area contributed by atoms with Crippen molar-refractivity contribution in [2.24, 2.45) is 0 Å². The number of aryl methyl sites for hydroxylation is 1. The van der Waals surface area contributed by atoms with Crippen LogP contribution in [0.4, 0.5) is 0 Å². The molecule has 15 heavy (non-hydrogen) atoms. The molecule has 78 valence electrons. The Bertz CT molecular complexity index is 392. The van der Waals surface area contributed by atoms with E-state index in [1.807, 2.05) is 25.3 Å². The first-order valence-corrected chi connectivity index (χ1v) is 4.98. The van der Waals surface area contributed by atoms with Crippen LogP contribution in [0.15, 0.2) is 41.3 Å². The van der Waals surface area contributed by atoms with Crippen LogP contribution >= 0.6 is 0 Å². The van der Waals surface area contributed by atoms with Gasteiger partial charge in [0.2, 0.25) is 0 Å². The molecule has 2 aromatic rings. The SMILES string of the molecule is Cc1ccc(CNCc2ccoc2)cn1. The van der Waals surface area contributed by atoms with Crippen molar-refractivity contribution < 1.29 is 4.42 Å². The van der Waals surface area contributed by atoms with Crippen LogP contribution in [-0.4, -0.2) is 4.98 Å². The summed E-state index contributed by atoms with van der Waals surface area (Å²) >= 11 is 0. The van der Waals surface area contributed by atoms with E-state index in [4.69, 9.17) is 4.42 Å². The molecule has 2 heterocycles. The van der Waals surface area contributed by atoms with Gasteiger partial charge in [0.1, 0.15) is 0 Å². The predicted molar refractivity (Wildman–Crippen MR) is 58.2 cm³/mol. The average Bonchev–Trinajstić information content (AvgIpc) is 2.74. The number of aromatic nitrogens is 1. The topological polar surface area (TPSA) is 38.1 Å². The Labute approximate surface area is 89.1 Å². The number of furan rings is 1. The van der Waals surface area contributed by atoms with Gasteiger partial charge in [0.25, 0.3) is 0 Å². The molecule has 2 rings (SSSR count). The van der Waals surface area contributed by atoms with Crippen molar-refractivity contribution in [1.29, 1.82) is 0 Å². The second-order valence-electron chi connectivity index (χ2n) is 3.54. The van der Waals surface area contributed by atoms with Crippen LogP contribution in [0.5, 0.6) is 0 Å². The van der Waals surface area contributed by atoms with E-state index < -0.39 is 0 Å². The maximum Gasteiger partial charge on any atom is 0.0947 e. The lowest BCUT2D eigenvalue weighted by Crippen LogP contribution is -2.12. The summed E-state index contributed by atoms with van der Waals surface area (Å²) < 4.78 is 4.98. The molecule has 0 radical (unpaired) electrons. The maximum absolute atomic E-state index is 4.98. The van der Waals surface area contributed by atoms with Crippen LogP contribution < -0.4 is 5.32 Å². The summed E-state index contributed by atoms with van der Waals surface area (Å²) in [5.74, 6) is 0. The van der Waals surface area contributed by atoms with Gasteiger partial charge < -0.3 is 9.73 Å². The van der Waals surface area contributed by atoms with Crippen LogP contribution in [0.2, 0.25) is 0 Å². The molecule has 0 saturated heterocycles. The van der Waals surface area contributed by atoms with Crippen molar-refractivity contribution in [2.45, 2.75) is 20.0 Å². The Hall–Kier alpha value is -1.61. The summed E-state index contributed by atoms with van der Waals surface area (Å²) in [5.41, 5.74) is 3.41. The molecule has 0 saturated carbocycles. The van der Waals surface area contributed by atoms with Gasteiger partial charge in [-0.1, -0.05) is 6.07 Å². The van der Waals surface area contributed by atoms with Gasteiger partial charge in [0.05, 0.1) is 12.5 Å². The lowest BCUT2D eigenvalue weighted by atomic mass is 10.2. The zero-order valence-electron chi connectivity index (χ0n) is 8.73. The molecule has 0 aliphatic rings. The van der Waals surface area contributed by atoms with E-state index in [9.17, 15) is 0 Å². The van der Waals surface area contributed by atoms with Gasteiger partial charge in [0.15, 0.2) is 0 Å². The minimum Gasteiger partial charge on any atom is -0.472 e. The third-order valence-corrected chi connectivity index (χ3v) is 2.21. The molecule has 0 aromatic carbocycles. The van der Waals surface area contributed by atoms with E-state index in [0.29, 0.717) is 0 Å². The van der Waals surface area contributed by atoms with Crippen molar-refractivity contribution in [1.82, 2.24) is 10.3 Å². The fourth-order valence-corrected chi connectivity index (χ4v) is 1.35. The third kappa shape index (κ3) is 2.92. The van der Waals surface area contributed by atoms with E-state index in [-0.39, 0.29) is 0 Å². The second-order valence-corrected chi connectivity index (χ2v) is 3.54. The van der Waals surface area contributed by atoms with Crippen LogP contribution in [0.1, 0.15) is 16.8 Å². The monoisotopic (exact) mass is 202 g/mol. The molecule has 0 atom stereocenters. The first-order valence-electron chi connectivity index (χ1n) is 4.98. The predicted octanol–water partition coefficient (Wildman–Crippen LogP) is 2.27. The molecule has 0 unspecified atom stereocenters. The fourth-order valence-electron chi connectivity index (χ4n) is 1.35. The average molecular weight is 202 g/mol. The Balaban J connectivity index is 1.81. The van der Waals surface area contributed by atoms with Crippen molar-refractivity contribution in [3.05, 3.63) is 53.7 Å². The molecule has 3 heteroatoms. The standard InChI is InChI=1S/C12H14N2O/c1-10-2-3-11(8-14-10)6-13-7-12-4-5-15-9-12/h2-5,8-9,13H,6-7H2,1H3. The second kappa shape index (κ2) is 4.75. The first kappa shape index (κ1) is 9.93. The number of nitrogens with zero attached hydrogens (tertiary/aromatic N) is 1. The summed E-state index contributed by atoms with van der Waals surface area (Å²) in [6.07, 6.45) is 5.34. The molecule has 0 spiro atoms. The van der Waals surface area contributed by atoms with Crippen LogP contribution in [0.3, 0.4) is 0 Å². The highest BCUT2D eigenvalue weighted by Gasteiger charge is 1.95. The Morgan fingerprint density at radius 1 is 1.20 bits per heavy atom. The minimum atomic E-state index is 0.824. The quantitative estimate of drug-likeness (QED) is 0.826. The van der Waals surface area contributed by atoms with E-state index >= 15 is 0 Å². The summed E-state index contributed by atoms with van der Waals surface area (Å²) in [4.78, 5) is 4.24. The minimum absolute atomic E-state index is 0.824. The van der Waals surface area contributed by atoms with E-state index in [2.05, 4.69) is 16.4 Å². The zero-order chi connectivity index (χ0) is 10.5. The van der Waals surface area contributed by atoms with Crippen molar-refractivity contribution in [3.8, 4) is 0 Å². The Morgan fingerprint density at radius 3 is 2.73 bits per heavy atom. The van der Waals surface area contributed by atoms with E-state index in [0.717, 1.165) is 24.3 Å². The fraction of sp³-hybridized carbons (Fsp3) is 0.250. The van der Waals surface area contributed by atoms with Crippen LogP contribution in [0, 0.1) is 6.92 Å². The number of rotatable bonds is 4. The van der Waals surface area contributed by atoms with Crippen molar-refractivity contribution >= 4 is 0 Å². The highest BCUT2D eigenvalue weighted by Crippen LogP contribution is 2.01. The van der Waals surface area contributed by atoms with Gasteiger partial charge in [-0.05, 0) is 24.6 Å².